The average molecular weight is 285 g/mol. The molecule has 0 radical (unpaired) electrons. The molecular formula is C15H11NO3S. The second kappa shape index (κ2) is 4.94. The van der Waals surface area contributed by atoms with Crippen LogP contribution in [-0.2, 0) is 0 Å². The van der Waals surface area contributed by atoms with Crippen LogP contribution >= 0.6 is 11.3 Å². The molecule has 2 aromatic carbocycles. The van der Waals surface area contributed by atoms with E-state index in [0.717, 1.165) is 27.0 Å². The Morgan fingerprint density at radius 2 is 1.90 bits per heavy atom. The van der Waals surface area contributed by atoms with Crippen molar-refractivity contribution < 1.29 is 9.66 Å². The third kappa shape index (κ3) is 2.12. The zero-order valence-corrected chi connectivity index (χ0v) is 11.5. The van der Waals surface area contributed by atoms with Gasteiger partial charge in [0.1, 0.15) is 5.75 Å². The van der Waals surface area contributed by atoms with E-state index >= 15 is 0 Å². The first-order chi connectivity index (χ1) is 9.69. The number of rotatable bonds is 3. The second-order valence-electron chi connectivity index (χ2n) is 4.32. The van der Waals surface area contributed by atoms with Crippen LogP contribution in [0.5, 0.6) is 5.75 Å². The first-order valence-corrected chi connectivity index (χ1v) is 6.87. The highest BCUT2D eigenvalue weighted by molar-refractivity contribution is 7.17. The largest absolute Gasteiger partial charge is 0.497 e. The zero-order chi connectivity index (χ0) is 14.1. The fourth-order valence-corrected chi connectivity index (χ4v) is 3.12. The Labute approximate surface area is 119 Å². The van der Waals surface area contributed by atoms with E-state index < -0.39 is 0 Å². The van der Waals surface area contributed by atoms with E-state index in [2.05, 4.69) is 5.38 Å². The molecule has 0 aliphatic rings. The lowest BCUT2D eigenvalue weighted by molar-refractivity contribution is -0.384. The minimum absolute atomic E-state index is 0.106. The fourth-order valence-electron chi connectivity index (χ4n) is 2.12. The number of ether oxygens (including phenoxy) is 1. The highest BCUT2D eigenvalue weighted by Gasteiger charge is 2.09. The minimum Gasteiger partial charge on any atom is -0.497 e. The number of methoxy groups -OCH3 is 1. The summed E-state index contributed by atoms with van der Waals surface area (Å²) < 4.78 is 6.35. The Kier molecular flexibility index (Phi) is 3.12. The van der Waals surface area contributed by atoms with Gasteiger partial charge in [0, 0.05) is 27.8 Å². The number of hydrogen-bond acceptors (Lipinski definition) is 4. The summed E-state index contributed by atoms with van der Waals surface area (Å²) in [6.07, 6.45) is 0. The van der Waals surface area contributed by atoms with Crippen LogP contribution in [0.25, 0.3) is 21.2 Å². The van der Waals surface area contributed by atoms with E-state index in [1.807, 2.05) is 18.2 Å². The van der Waals surface area contributed by atoms with Gasteiger partial charge in [-0.1, -0.05) is 0 Å². The summed E-state index contributed by atoms with van der Waals surface area (Å²) in [5.41, 5.74) is 2.17. The Bertz CT molecular complexity index is 777. The fraction of sp³-hybridized carbons (Fsp3) is 0.0667. The molecule has 4 nitrogen and oxygen atoms in total. The van der Waals surface area contributed by atoms with Gasteiger partial charge in [-0.15, -0.1) is 11.3 Å². The van der Waals surface area contributed by atoms with E-state index in [9.17, 15) is 10.1 Å². The van der Waals surface area contributed by atoms with Gasteiger partial charge >= 0.3 is 0 Å². The van der Waals surface area contributed by atoms with Crippen molar-refractivity contribution in [3.8, 4) is 16.9 Å². The highest BCUT2D eigenvalue weighted by atomic mass is 32.1. The molecule has 0 unspecified atom stereocenters. The highest BCUT2D eigenvalue weighted by Crippen LogP contribution is 2.36. The Balaban J connectivity index is 2.07. The number of nitrogens with zero attached hydrogens (tertiary/aromatic N) is 1. The molecule has 3 rings (SSSR count). The molecule has 0 saturated heterocycles. The van der Waals surface area contributed by atoms with Gasteiger partial charge in [0.2, 0.25) is 0 Å². The zero-order valence-electron chi connectivity index (χ0n) is 10.7. The summed E-state index contributed by atoms with van der Waals surface area (Å²) in [7, 11) is 1.64. The van der Waals surface area contributed by atoms with Gasteiger partial charge in [-0.25, -0.2) is 0 Å². The maximum atomic E-state index is 10.7. The smallest absolute Gasteiger partial charge is 0.269 e. The van der Waals surface area contributed by atoms with Gasteiger partial charge in [0.15, 0.2) is 0 Å². The third-order valence-electron chi connectivity index (χ3n) is 3.17. The minimum atomic E-state index is -0.389. The van der Waals surface area contributed by atoms with Crippen molar-refractivity contribution in [2.24, 2.45) is 0 Å². The molecule has 0 aliphatic heterocycles. The number of thiophene rings is 1. The number of benzene rings is 2. The third-order valence-corrected chi connectivity index (χ3v) is 4.12. The molecule has 0 aliphatic carbocycles. The van der Waals surface area contributed by atoms with Crippen molar-refractivity contribution in [3.05, 3.63) is 58.0 Å². The molecule has 20 heavy (non-hydrogen) atoms. The van der Waals surface area contributed by atoms with Crippen LogP contribution in [0, 0.1) is 10.1 Å². The van der Waals surface area contributed by atoms with Gasteiger partial charge < -0.3 is 4.74 Å². The van der Waals surface area contributed by atoms with Crippen LogP contribution in [0.2, 0.25) is 0 Å². The summed E-state index contributed by atoms with van der Waals surface area (Å²) in [4.78, 5) is 10.3. The van der Waals surface area contributed by atoms with Crippen LogP contribution in [-0.4, -0.2) is 12.0 Å². The van der Waals surface area contributed by atoms with E-state index in [1.54, 1.807) is 30.6 Å². The average Bonchev–Trinajstić information content (AvgIpc) is 2.90. The van der Waals surface area contributed by atoms with Gasteiger partial charge in [-0.2, -0.15) is 0 Å². The quantitative estimate of drug-likeness (QED) is 0.526. The van der Waals surface area contributed by atoms with Crippen molar-refractivity contribution in [1.82, 2.24) is 0 Å². The first kappa shape index (κ1) is 12.6. The van der Waals surface area contributed by atoms with E-state index in [-0.39, 0.29) is 10.6 Å². The number of fused-ring (bicyclic) bond motifs is 1. The first-order valence-electron chi connectivity index (χ1n) is 5.99. The molecule has 100 valence electrons. The van der Waals surface area contributed by atoms with Gasteiger partial charge in [0.25, 0.3) is 5.69 Å². The number of nitro benzene ring substituents is 1. The molecule has 1 heterocycles. The standard InChI is InChI=1S/C15H11NO3S/c1-19-12-6-7-13-14(9-20-15(13)8-12)10-2-4-11(5-3-10)16(17)18/h2-9H,1H3. The van der Waals surface area contributed by atoms with Gasteiger partial charge in [-0.3, -0.25) is 10.1 Å². The lowest BCUT2D eigenvalue weighted by atomic mass is 10.0. The SMILES string of the molecule is COc1ccc2c(-c3ccc([N+](=O)[O-])cc3)csc2c1. The normalized spacial score (nSPS) is 10.7. The van der Waals surface area contributed by atoms with Crippen LogP contribution in [0.1, 0.15) is 0 Å². The lowest BCUT2D eigenvalue weighted by Gasteiger charge is -2.02. The molecule has 0 fully saturated rings. The molecule has 0 spiro atoms. The predicted octanol–water partition coefficient (Wildman–Crippen LogP) is 4.49. The monoisotopic (exact) mass is 285 g/mol. The molecule has 1 aromatic heterocycles. The van der Waals surface area contributed by atoms with Gasteiger partial charge in [0.05, 0.1) is 12.0 Å². The van der Waals surface area contributed by atoms with E-state index in [4.69, 9.17) is 4.74 Å². The van der Waals surface area contributed by atoms with Crippen molar-refractivity contribution in [2.45, 2.75) is 0 Å². The summed E-state index contributed by atoms with van der Waals surface area (Å²) in [5.74, 6) is 0.828. The summed E-state index contributed by atoms with van der Waals surface area (Å²) >= 11 is 1.63. The van der Waals surface area contributed by atoms with Crippen LogP contribution in [0.15, 0.2) is 47.8 Å². The number of nitro groups is 1. The maximum Gasteiger partial charge on any atom is 0.269 e. The van der Waals surface area contributed by atoms with Crippen molar-refractivity contribution in [3.63, 3.8) is 0 Å². The topological polar surface area (TPSA) is 52.4 Å². The number of hydrogen-bond donors (Lipinski definition) is 0. The maximum absolute atomic E-state index is 10.7. The summed E-state index contributed by atoms with van der Waals surface area (Å²) in [6.45, 7) is 0. The molecular weight excluding hydrogens is 274 g/mol. The van der Waals surface area contributed by atoms with Crippen molar-refractivity contribution in [2.75, 3.05) is 7.11 Å². The molecule has 3 aromatic rings. The van der Waals surface area contributed by atoms with Crippen molar-refractivity contribution in [1.29, 1.82) is 0 Å². The van der Waals surface area contributed by atoms with Crippen LogP contribution in [0.3, 0.4) is 0 Å². The van der Waals surface area contributed by atoms with Crippen LogP contribution in [0.4, 0.5) is 5.69 Å². The lowest BCUT2D eigenvalue weighted by Crippen LogP contribution is -1.86. The number of non-ortho nitro benzene ring substituents is 1. The predicted molar refractivity (Wildman–Crippen MR) is 80.5 cm³/mol. The summed E-state index contributed by atoms with van der Waals surface area (Å²) in [5, 5.41) is 13.9. The second-order valence-corrected chi connectivity index (χ2v) is 5.23. The van der Waals surface area contributed by atoms with E-state index in [0.29, 0.717) is 0 Å². The Hall–Kier alpha value is -2.40. The molecule has 0 amide bonds. The van der Waals surface area contributed by atoms with Crippen molar-refractivity contribution >= 4 is 27.1 Å². The molecule has 0 atom stereocenters. The van der Waals surface area contributed by atoms with Crippen LogP contribution < -0.4 is 4.74 Å². The Morgan fingerprint density at radius 1 is 1.15 bits per heavy atom. The molecule has 0 bridgehead atoms. The van der Waals surface area contributed by atoms with E-state index in [1.165, 1.54) is 12.1 Å². The molecule has 0 N–H and O–H groups in total. The van der Waals surface area contributed by atoms with Gasteiger partial charge in [-0.05, 0) is 41.3 Å². The molecule has 5 heteroatoms. The molecule has 0 saturated carbocycles. The Morgan fingerprint density at radius 3 is 2.55 bits per heavy atom. The summed E-state index contributed by atoms with van der Waals surface area (Å²) in [6, 6.07) is 12.6.